The van der Waals surface area contributed by atoms with Crippen LogP contribution in [-0.4, -0.2) is 19.5 Å². The van der Waals surface area contributed by atoms with Crippen molar-refractivity contribution in [2.45, 2.75) is 6.92 Å². The molecule has 86 valence electrons. The van der Waals surface area contributed by atoms with E-state index in [-0.39, 0.29) is 5.56 Å². The first-order valence-corrected chi connectivity index (χ1v) is 5.36. The van der Waals surface area contributed by atoms with Gasteiger partial charge in [-0.05, 0) is 19.1 Å². The van der Waals surface area contributed by atoms with E-state index in [0.29, 0.717) is 5.52 Å². The summed E-state index contributed by atoms with van der Waals surface area (Å²) < 4.78 is 1.85. The van der Waals surface area contributed by atoms with Crippen LogP contribution in [0, 0.1) is 6.92 Å². The zero-order valence-corrected chi connectivity index (χ0v) is 9.61. The first kappa shape index (κ1) is 9.89. The molecule has 5 heteroatoms. The van der Waals surface area contributed by atoms with Gasteiger partial charge in [-0.2, -0.15) is 0 Å². The zero-order chi connectivity index (χ0) is 12.0. The number of pyridine rings is 1. The standard InChI is InChI=1S/C12H12N4O/c1-7-6-14-11(15-7)9-5-8-3-4-13-12(17)10(8)16(9)2/h3-6H,1-2H3,(H,13,17)(H,14,15). The van der Waals surface area contributed by atoms with Crippen LogP contribution in [0.1, 0.15) is 5.69 Å². The lowest BCUT2D eigenvalue weighted by Gasteiger charge is -1.99. The maximum absolute atomic E-state index is 11.7. The van der Waals surface area contributed by atoms with Gasteiger partial charge in [-0.1, -0.05) is 0 Å². The number of imidazole rings is 1. The second-order valence-electron chi connectivity index (χ2n) is 4.11. The molecule has 0 bridgehead atoms. The highest BCUT2D eigenvalue weighted by Gasteiger charge is 2.12. The molecule has 0 saturated heterocycles. The van der Waals surface area contributed by atoms with E-state index in [9.17, 15) is 4.79 Å². The molecule has 3 heterocycles. The molecule has 5 nitrogen and oxygen atoms in total. The van der Waals surface area contributed by atoms with Gasteiger partial charge >= 0.3 is 0 Å². The van der Waals surface area contributed by atoms with Gasteiger partial charge in [-0.25, -0.2) is 4.98 Å². The Kier molecular flexibility index (Phi) is 1.95. The van der Waals surface area contributed by atoms with E-state index in [2.05, 4.69) is 15.0 Å². The molecule has 0 radical (unpaired) electrons. The van der Waals surface area contributed by atoms with Crippen LogP contribution in [0.25, 0.3) is 22.4 Å². The second kappa shape index (κ2) is 3.35. The molecule has 3 aromatic rings. The van der Waals surface area contributed by atoms with Crippen molar-refractivity contribution in [3.63, 3.8) is 0 Å². The number of hydrogen-bond acceptors (Lipinski definition) is 2. The van der Waals surface area contributed by atoms with Gasteiger partial charge in [0.2, 0.25) is 0 Å². The third kappa shape index (κ3) is 1.39. The molecule has 0 fully saturated rings. The van der Waals surface area contributed by atoms with Gasteiger partial charge in [0.1, 0.15) is 5.52 Å². The largest absolute Gasteiger partial charge is 0.341 e. The summed E-state index contributed by atoms with van der Waals surface area (Å²) >= 11 is 0. The molecule has 0 spiro atoms. The minimum absolute atomic E-state index is 0.0838. The number of hydrogen-bond donors (Lipinski definition) is 2. The molecule has 17 heavy (non-hydrogen) atoms. The van der Waals surface area contributed by atoms with E-state index in [1.165, 1.54) is 0 Å². The highest BCUT2D eigenvalue weighted by molar-refractivity contribution is 5.84. The lowest BCUT2D eigenvalue weighted by atomic mass is 10.3. The Balaban J connectivity index is 2.35. The number of aryl methyl sites for hydroxylation is 2. The third-order valence-electron chi connectivity index (χ3n) is 2.90. The van der Waals surface area contributed by atoms with Crippen LogP contribution in [0.5, 0.6) is 0 Å². The predicted molar refractivity (Wildman–Crippen MR) is 65.9 cm³/mol. The molecule has 2 N–H and O–H groups in total. The molecular weight excluding hydrogens is 216 g/mol. The lowest BCUT2D eigenvalue weighted by Crippen LogP contribution is -2.08. The number of nitrogens with one attached hydrogen (secondary N) is 2. The maximum atomic E-state index is 11.7. The Morgan fingerprint density at radius 3 is 2.88 bits per heavy atom. The Bertz CT molecular complexity index is 747. The fraction of sp³-hybridized carbons (Fsp3) is 0.167. The lowest BCUT2D eigenvalue weighted by molar-refractivity contribution is 0.953. The maximum Gasteiger partial charge on any atom is 0.272 e. The SMILES string of the molecule is Cc1cnc(-c2cc3cc[nH]c(=O)c3n2C)[nH]1. The van der Waals surface area contributed by atoms with E-state index in [1.807, 2.05) is 30.7 Å². The van der Waals surface area contributed by atoms with Crippen molar-refractivity contribution < 1.29 is 0 Å². The van der Waals surface area contributed by atoms with Gasteiger partial charge in [0.15, 0.2) is 5.82 Å². The zero-order valence-electron chi connectivity index (χ0n) is 9.61. The summed E-state index contributed by atoms with van der Waals surface area (Å²) in [6.07, 6.45) is 3.43. The van der Waals surface area contributed by atoms with Crippen LogP contribution in [0.2, 0.25) is 0 Å². The topological polar surface area (TPSA) is 66.5 Å². The summed E-state index contributed by atoms with van der Waals surface area (Å²) in [7, 11) is 1.87. The summed E-state index contributed by atoms with van der Waals surface area (Å²) in [4.78, 5) is 21.9. The fourth-order valence-electron chi connectivity index (χ4n) is 2.08. The molecule has 0 saturated carbocycles. The molecule has 0 aliphatic carbocycles. The van der Waals surface area contributed by atoms with Gasteiger partial charge < -0.3 is 14.5 Å². The van der Waals surface area contributed by atoms with Crippen LogP contribution in [0.3, 0.4) is 0 Å². The molecule has 3 aromatic heterocycles. The first-order chi connectivity index (χ1) is 8.16. The number of aromatic nitrogens is 4. The molecule has 0 atom stereocenters. The fourth-order valence-corrected chi connectivity index (χ4v) is 2.08. The monoisotopic (exact) mass is 228 g/mol. The van der Waals surface area contributed by atoms with Gasteiger partial charge in [0.25, 0.3) is 5.56 Å². The van der Waals surface area contributed by atoms with Crippen LogP contribution >= 0.6 is 0 Å². The number of aromatic amines is 2. The van der Waals surface area contributed by atoms with Crippen molar-refractivity contribution in [3.05, 3.63) is 40.6 Å². The normalized spacial score (nSPS) is 11.2. The van der Waals surface area contributed by atoms with Gasteiger partial charge in [0.05, 0.1) is 5.69 Å². The molecular formula is C12H12N4O. The predicted octanol–water partition coefficient (Wildman–Crippen LogP) is 1.57. The minimum Gasteiger partial charge on any atom is -0.341 e. The van der Waals surface area contributed by atoms with Crippen LogP contribution < -0.4 is 5.56 Å². The average molecular weight is 228 g/mol. The summed E-state index contributed by atoms with van der Waals surface area (Å²) in [6.45, 7) is 1.95. The van der Waals surface area contributed by atoms with Crippen molar-refractivity contribution in [1.82, 2.24) is 19.5 Å². The van der Waals surface area contributed by atoms with Crippen LogP contribution in [-0.2, 0) is 7.05 Å². The Morgan fingerprint density at radius 1 is 1.41 bits per heavy atom. The highest BCUT2D eigenvalue weighted by Crippen LogP contribution is 2.22. The number of rotatable bonds is 1. The molecule has 0 aliphatic heterocycles. The molecule has 0 unspecified atom stereocenters. The molecule has 0 amide bonds. The quantitative estimate of drug-likeness (QED) is 0.663. The van der Waals surface area contributed by atoms with Crippen molar-refractivity contribution >= 4 is 10.9 Å². The van der Waals surface area contributed by atoms with Gasteiger partial charge in [0, 0.05) is 30.5 Å². The smallest absolute Gasteiger partial charge is 0.272 e. The molecule has 3 rings (SSSR count). The summed E-state index contributed by atoms with van der Waals surface area (Å²) in [6, 6.07) is 3.85. The van der Waals surface area contributed by atoms with Crippen LogP contribution in [0.15, 0.2) is 29.3 Å². The third-order valence-corrected chi connectivity index (χ3v) is 2.90. The minimum atomic E-state index is -0.0838. The van der Waals surface area contributed by atoms with Crippen LogP contribution in [0.4, 0.5) is 0 Å². The van der Waals surface area contributed by atoms with E-state index in [4.69, 9.17) is 0 Å². The van der Waals surface area contributed by atoms with Crippen molar-refractivity contribution in [2.75, 3.05) is 0 Å². The average Bonchev–Trinajstić information content (AvgIpc) is 2.84. The second-order valence-corrected chi connectivity index (χ2v) is 4.11. The summed E-state index contributed by atoms with van der Waals surface area (Å²) in [5.41, 5.74) is 2.49. The van der Waals surface area contributed by atoms with E-state index in [0.717, 1.165) is 22.6 Å². The Hall–Kier alpha value is -2.30. The first-order valence-electron chi connectivity index (χ1n) is 5.36. The molecule has 0 aliphatic rings. The van der Waals surface area contributed by atoms with E-state index >= 15 is 0 Å². The number of nitrogens with zero attached hydrogens (tertiary/aromatic N) is 2. The number of H-pyrrole nitrogens is 2. The van der Waals surface area contributed by atoms with Crippen molar-refractivity contribution in [3.8, 4) is 11.5 Å². The van der Waals surface area contributed by atoms with E-state index in [1.54, 1.807) is 12.4 Å². The van der Waals surface area contributed by atoms with E-state index < -0.39 is 0 Å². The Labute approximate surface area is 97.1 Å². The summed E-state index contributed by atoms with van der Waals surface area (Å²) in [5.74, 6) is 0.778. The van der Waals surface area contributed by atoms with Gasteiger partial charge in [-0.3, -0.25) is 4.79 Å². The number of fused-ring (bicyclic) bond motifs is 1. The van der Waals surface area contributed by atoms with Gasteiger partial charge in [-0.15, -0.1) is 0 Å². The van der Waals surface area contributed by atoms with Crippen molar-refractivity contribution in [1.29, 1.82) is 0 Å². The van der Waals surface area contributed by atoms with Crippen molar-refractivity contribution in [2.24, 2.45) is 7.05 Å². The Morgan fingerprint density at radius 2 is 2.24 bits per heavy atom. The highest BCUT2D eigenvalue weighted by atomic mass is 16.1. The summed E-state index contributed by atoms with van der Waals surface area (Å²) in [5, 5.41) is 0.917. The molecule has 0 aromatic carbocycles.